The van der Waals surface area contributed by atoms with E-state index in [1.54, 1.807) is 0 Å². The lowest BCUT2D eigenvalue weighted by Crippen LogP contribution is -2.05. The van der Waals surface area contributed by atoms with Crippen LogP contribution < -0.4 is 14.2 Å². The molecule has 0 unspecified atom stereocenters. The first-order valence-corrected chi connectivity index (χ1v) is 7.09. The van der Waals surface area contributed by atoms with Crippen molar-refractivity contribution in [1.29, 1.82) is 0 Å². The maximum Gasteiger partial charge on any atom is 0.303 e. The first kappa shape index (κ1) is 14.3. The molecule has 0 saturated carbocycles. The third-order valence-electron chi connectivity index (χ3n) is 3.65. The fraction of sp³-hybridized carbons (Fsp3) is 0.500. The zero-order chi connectivity index (χ0) is 15.5. The van der Waals surface area contributed by atoms with Crippen LogP contribution in [0.5, 0.6) is 17.2 Å². The van der Waals surface area contributed by atoms with Crippen molar-refractivity contribution in [1.82, 2.24) is 0 Å². The third kappa shape index (κ3) is 2.48. The zero-order valence-electron chi connectivity index (χ0n) is 11.9. The van der Waals surface area contributed by atoms with Gasteiger partial charge < -0.3 is 19.3 Å². The molecular formula is C14H15N3O5. The monoisotopic (exact) mass is 305 g/mol. The highest BCUT2D eigenvalue weighted by Crippen LogP contribution is 2.53. The number of rotatable bonds is 6. The number of fused-ring (bicyclic) bond motifs is 2. The van der Waals surface area contributed by atoms with Gasteiger partial charge >= 0.3 is 5.97 Å². The van der Waals surface area contributed by atoms with Gasteiger partial charge in [-0.2, -0.15) is 0 Å². The Kier molecular flexibility index (Phi) is 3.93. The van der Waals surface area contributed by atoms with Gasteiger partial charge in [0.2, 0.25) is 0 Å². The number of carbonyl (C=O) groups is 1. The van der Waals surface area contributed by atoms with Crippen molar-refractivity contribution >= 4 is 11.7 Å². The standard InChI is InChI=1S/C14H15N3O5/c15-17-16-11-13-8(3-6-21-13)12(9-4-7-22-14(9)11)20-5-1-2-10(18)19/h1-7H2,(H,18,19). The molecule has 0 bridgehead atoms. The zero-order valence-corrected chi connectivity index (χ0v) is 11.9. The number of nitrogens with zero attached hydrogens (tertiary/aromatic N) is 3. The molecule has 1 N–H and O–H groups in total. The summed E-state index contributed by atoms with van der Waals surface area (Å²) in [5, 5.41) is 12.4. The Morgan fingerprint density at radius 2 is 1.91 bits per heavy atom. The van der Waals surface area contributed by atoms with Crippen LogP contribution in [0, 0.1) is 0 Å². The molecular weight excluding hydrogens is 290 g/mol. The Labute approximate surface area is 126 Å². The Hall–Kier alpha value is -2.60. The summed E-state index contributed by atoms with van der Waals surface area (Å²) in [6.07, 6.45) is 1.84. The van der Waals surface area contributed by atoms with Crippen LogP contribution in [0.3, 0.4) is 0 Å². The summed E-state index contributed by atoms with van der Waals surface area (Å²) < 4.78 is 17.0. The van der Waals surface area contributed by atoms with Crippen LogP contribution in [-0.2, 0) is 17.6 Å². The highest BCUT2D eigenvalue weighted by molar-refractivity contribution is 5.75. The van der Waals surface area contributed by atoms with Crippen LogP contribution >= 0.6 is 0 Å². The van der Waals surface area contributed by atoms with Crippen LogP contribution in [0.2, 0.25) is 0 Å². The molecule has 2 heterocycles. The number of benzene rings is 1. The van der Waals surface area contributed by atoms with Crippen LogP contribution in [0.1, 0.15) is 24.0 Å². The lowest BCUT2D eigenvalue weighted by atomic mass is 10.0. The molecule has 0 spiro atoms. The minimum atomic E-state index is -0.843. The molecule has 2 aliphatic rings. The number of hydrogen-bond acceptors (Lipinski definition) is 5. The highest BCUT2D eigenvalue weighted by atomic mass is 16.5. The van der Waals surface area contributed by atoms with Gasteiger partial charge in [0.1, 0.15) is 22.9 Å². The summed E-state index contributed by atoms with van der Waals surface area (Å²) in [6, 6.07) is 0. The first-order valence-electron chi connectivity index (χ1n) is 7.09. The predicted octanol–water partition coefficient (Wildman–Crippen LogP) is 2.74. The number of carboxylic acid groups (broad SMARTS) is 1. The average Bonchev–Trinajstić information content (AvgIpc) is 3.14. The first-order chi connectivity index (χ1) is 10.7. The second kappa shape index (κ2) is 6.03. The summed E-state index contributed by atoms with van der Waals surface area (Å²) in [6.45, 7) is 1.31. The van der Waals surface area contributed by atoms with Crippen LogP contribution in [0.4, 0.5) is 5.69 Å². The topological polar surface area (TPSA) is 114 Å². The van der Waals surface area contributed by atoms with E-state index < -0.39 is 5.97 Å². The Bertz CT molecular complexity index is 632. The second-order valence-corrected chi connectivity index (χ2v) is 5.03. The molecule has 3 rings (SSSR count). The maximum atomic E-state index is 10.6. The largest absolute Gasteiger partial charge is 0.493 e. The van der Waals surface area contributed by atoms with Gasteiger partial charge in [0, 0.05) is 35.3 Å². The summed E-state index contributed by atoms with van der Waals surface area (Å²) in [5.74, 6) is 0.894. The Balaban J connectivity index is 1.93. The number of azide groups is 1. The lowest BCUT2D eigenvalue weighted by molar-refractivity contribution is -0.137. The summed E-state index contributed by atoms with van der Waals surface area (Å²) in [4.78, 5) is 13.4. The number of carboxylic acids is 1. The minimum Gasteiger partial charge on any atom is -0.493 e. The normalized spacial score (nSPS) is 14.4. The molecule has 0 aromatic heterocycles. The van der Waals surface area contributed by atoms with E-state index in [0.717, 1.165) is 11.1 Å². The van der Waals surface area contributed by atoms with E-state index in [2.05, 4.69) is 10.0 Å². The quantitative estimate of drug-likeness (QED) is 0.375. The molecule has 2 aliphatic heterocycles. The molecule has 116 valence electrons. The lowest BCUT2D eigenvalue weighted by Gasteiger charge is -2.15. The summed E-state index contributed by atoms with van der Waals surface area (Å²) in [7, 11) is 0. The predicted molar refractivity (Wildman–Crippen MR) is 76.0 cm³/mol. The Morgan fingerprint density at radius 1 is 1.27 bits per heavy atom. The van der Waals surface area contributed by atoms with Crippen LogP contribution in [-0.4, -0.2) is 30.9 Å². The molecule has 1 aromatic rings. The SMILES string of the molecule is [N-]=[N+]=Nc1c2c(c(OCCCC(=O)O)c3c1OCC3)CCO2. The van der Waals surface area contributed by atoms with Gasteiger partial charge in [0.05, 0.1) is 19.8 Å². The van der Waals surface area contributed by atoms with Crippen molar-refractivity contribution < 1.29 is 24.1 Å². The van der Waals surface area contributed by atoms with Crippen LogP contribution in [0.15, 0.2) is 5.11 Å². The van der Waals surface area contributed by atoms with Gasteiger partial charge in [0.25, 0.3) is 0 Å². The van der Waals surface area contributed by atoms with E-state index in [-0.39, 0.29) is 6.42 Å². The highest BCUT2D eigenvalue weighted by Gasteiger charge is 2.32. The molecule has 0 saturated heterocycles. The fourth-order valence-electron chi connectivity index (χ4n) is 2.76. The maximum absolute atomic E-state index is 10.6. The van der Waals surface area contributed by atoms with Gasteiger partial charge in [-0.1, -0.05) is 5.11 Å². The molecule has 0 atom stereocenters. The van der Waals surface area contributed by atoms with E-state index in [1.165, 1.54) is 0 Å². The van der Waals surface area contributed by atoms with Gasteiger partial charge in [-0.25, -0.2) is 0 Å². The van der Waals surface area contributed by atoms with E-state index in [1.807, 2.05) is 0 Å². The van der Waals surface area contributed by atoms with Crippen molar-refractivity contribution in [3.63, 3.8) is 0 Å². The van der Waals surface area contributed by atoms with E-state index in [0.29, 0.717) is 62.0 Å². The van der Waals surface area contributed by atoms with Gasteiger partial charge in [-0.05, 0) is 12.0 Å². The number of hydrogen-bond donors (Lipinski definition) is 1. The minimum absolute atomic E-state index is 0.0637. The van der Waals surface area contributed by atoms with E-state index in [9.17, 15) is 4.79 Å². The molecule has 8 heteroatoms. The number of aliphatic carboxylic acids is 1. The smallest absolute Gasteiger partial charge is 0.303 e. The second-order valence-electron chi connectivity index (χ2n) is 5.03. The average molecular weight is 305 g/mol. The van der Waals surface area contributed by atoms with Gasteiger partial charge in [-0.3, -0.25) is 4.79 Å². The van der Waals surface area contributed by atoms with Crippen molar-refractivity contribution in [2.75, 3.05) is 19.8 Å². The van der Waals surface area contributed by atoms with Crippen molar-refractivity contribution in [2.45, 2.75) is 25.7 Å². The molecule has 0 radical (unpaired) electrons. The summed E-state index contributed by atoms with van der Waals surface area (Å²) >= 11 is 0. The van der Waals surface area contributed by atoms with Crippen molar-refractivity contribution in [3.05, 3.63) is 21.6 Å². The molecule has 8 nitrogen and oxygen atoms in total. The Morgan fingerprint density at radius 3 is 2.45 bits per heavy atom. The van der Waals surface area contributed by atoms with Crippen molar-refractivity contribution in [2.24, 2.45) is 5.11 Å². The van der Waals surface area contributed by atoms with Crippen molar-refractivity contribution in [3.8, 4) is 17.2 Å². The third-order valence-corrected chi connectivity index (χ3v) is 3.65. The molecule has 22 heavy (non-hydrogen) atoms. The molecule has 0 fully saturated rings. The van der Waals surface area contributed by atoms with E-state index >= 15 is 0 Å². The fourth-order valence-corrected chi connectivity index (χ4v) is 2.76. The summed E-state index contributed by atoms with van der Waals surface area (Å²) in [5.41, 5.74) is 10.9. The van der Waals surface area contributed by atoms with Gasteiger partial charge in [0.15, 0.2) is 0 Å². The molecule has 0 aliphatic carbocycles. The van der Waals surface area contributed by atoms with Gasteiger partial charge in [-0.15, -0.1) is 0 Å². The molecule has 0 amide bonds. The molecule has 1 aromatic carbocycles. The number of ether oxygens (including phenoxy) is 3. The van der Waals surface area contributed by atoms with Crippen LogP contribution in [0.25, 0.3) is 10.4 Å². The van der Waals surface area contributed by atoms with E-state index in [4.69, 9.17) is 24.8 Å².